The zero-order valence-electron chi connectivity index (χ0n) is 9.25. The maximum Gasteiger partial charge on any atom is 0.0964 e. The molecule has 0 fully saturated rings. The zero-order valence-corrected chi connectivity index (χ0v) is 9.25. The van der Waals surface area contributed by atoms with Crippen molar-refractivity contribution >= 4 is 5.84 Å². The summed E-state index contributed by atoms with van der Waals surface area (Å²) in [6, 6.07) is 0. The molecule has 0 amide bonds. The van der Waals surface area contributed by atoms with Crippen LogP contribution in [0.3, 0.4) is 0 Å². The summed E-state index contributed by atoms with van der Waals surface area (Å²) in [7, 11) is 3.84. The Hall–Kier alpha value is -0.610. The van der Waals surface area contributed by atoms with Gasteiger partial charge in [-0.05, 0) is 13.5 Å². The molecule has 0 saturated carbocycles. The predicted molar refractivity (Wildman–Crippen MR) is 58.9 cm³/mol. The molecular weight excluding hydrogens is 178 g/mol. The highest BCUT2D eigenvalue weighted by atomic mass is 16.5. The third kappa shape index (κ3) is 4.58. The van der Waals surface area contributed by atoms with Crippen molar-refractivity contribution < 1.29 is 4.74 Å². The van der Waals surface area contributed by atoms with Crippen molar-refractivity contribution in [3.8, 4) is 0 Å². The normalized spacial score (nSPS) is 16.1. The number of ether oxygens (including phenoxy) is 1. The molecule has 14 heavy (non-hydrogen) atoms. The third-order valence-electron chi connectivity index (χ3n) is 2.37. The minimum atomic E-state index is 0.803. The Labute approximate surface area is 86.3 Å². The Morgan fingerprint density at radius 1 is 1.50 bits per heavy atom. The Bertz CT molecular complexity index is 182. The van der Waals surface area contributed by atoms with Crippen LogP contribution in [0.25, 0.3) is 0 Å². The van der Waals surface area contributed by atoms with Crippen molar-refractivity contribution in [2.45, 2.75) is 12.8 Å². The van der Waals surface area contributed by atoms with E-state index in [1.165, 1.54) is 12.3 Å². The molecule has 0 saturated heterocycles. The first-order valence-electron chi connectivity index (χ1n) is 5.27. The highest BCUT2D eigenvalue weighted by Gasteiger charge is 2.05. The van der Waals surface area contributed by atoms with E-state index in [2.05, 4.69) is 22.3 Å². The zero-order chi connectivity index (χ0) is 10.2. The molecule has 0 aromatic carbocycles. The predicted octanol–water partition coefficient (Wildman–Crippen LogP) is 0.347. The fourth-order valence-corrected chi connectivity index (χ4v) is 1.43. The largest absolute Gasteiger partial charge is 0.383 e. The second-order valence-corrected chi connectivity index (χ2v) is 3.65. The molecule has 1 aliphatic heterocycles. The van der Waals surface area contributed by atoms with Gasteiger partial charge in [0.1, 0.15) is 0 Å². The van der Waals surface area contributed by atoms with Crippen molar-refractivity contribution in [3.63, 3.8) is 0 Å². The van der Waals surface area contributed by atoms with Gasteiger partial charge in [-0.2, -0.15) is 0 Å². The standard InChI is InChI=1S/C10H21N3O/c1-13(8-9-14-2)7-6-12-10-4-3-5-11-10/h3-9H2,1-2H3,(H,11,12). The summed E-state index contributed by atoms with van der Waals surface area (Å²) in [5.74, 6) is 1.19. The van der Waals surface area contributed by atoms with Crippen LogP contribution in [0.5, 0.6) is 0 Å². The van der Waals surface area contributed by atoms with E-state index in [9.17, 15) is 0 Å². The first-order valence-corrected chi connectivity index (χ1v) is 5.27. The number of aliphatic imine (C=N–C) groups is 1. The van der Waals surface area contributed by atoms with Crippen molar-refractivity contribution in [1.29, 1.82) is 0 Å². The van der Waals surface area contributed by atoms with Crippen molar-refractivity contribution in [2.24, 2.45) is 4.99 Å². The highest BCUT2D eigenvalue weighted by Crippen LogP contribution is 2.00. The van der Waals surface area contributed by atoms with Gasteiger partial charge in [-0.1, -0.05) is 0 Å². The first kappa shape index (κ1) is 11.5. The second kappa shape index (κ2) is 6.79. The van der Waals surface area contributed by atoms with Gasteiger partial charge in [-0.15, -0.1) is 0 Å². The van der Waals surface area contributed by atoms with E-state index in [1.807, 2.05) is 0 Å². The van der Waals surface area contributed by atoms with Crippen LogP contribution in [-0.4, -0.2) is 57.7 Å². The van der Waals surface area contributed by atoms with Crippen LogP contribution >= 0.6 is 0 Å². The lowest BCUT2D eigenvalue weighted by atomic mass is 10.3. The Kier molecular flexibility index (Phi) is 5.56. The molecule has 4 nitrogen and oxygen atoms in total. The number of hydrogen-bond donors (Lipinski definition) is 1. The summed E-state index contributed by atoms with van der Waals surface area (Å²) in [6.45, 7) is 4.82. The summed E-state index contributed by atoms with van der Waals surface area (Å²) in [6.07, 6.45) is 2.34. The smallest absolute Gasteiger partial charge is 0.0964 e. The minimum absolute atomic E-state index is 0.803. The van der Waals surface area contributed by atoms with Crippen LogP contribution < -0.4 is 5.32 Å². The van der Waals surface area contributed by atoms with Gasteiger partial charge in [0.2, 0.25) is 0 Å². The maximum absolute atomic E-state index is 5.01. The lowest BCUT2D eigenvalue weighted by Gasteiger charge is -2.16. The molecule has 0 aliphatic carbocycles. The van der Waals surface area contributed by atoms with Crippen LogP contribution in [0.2, 0.25) is 0 Å². The molecule has 0 bridgehead atoms. The van der Waals surface area contributed by atoms with E-state index in [-0.39, 0.29) is 0 Å². The van der Waals surface area contributed by atoms with Crippen molar-refractivity contribution in [3.05, 3.63) is 0 Å². The lowest BCUT2D eigenvalue weighted by Crippen LogP contribution is -2.33. The molecule has 1 rings (SSSR count). The summed E-state index contributed by atoms with van der Waals surface area (Å²) in [4.78, 5) is 6.61. The van der Waals surface area contributed by atoms with Gasteiger partial charge in [-0.3, -0.25) is 4.99 Å². The topological polar surface area (TPSA) is 36.9 Å². The summed E-state index contributed by atoms with van der Waals surface area (Å²) in [5, 5.41) is 3.36. The first-order chi connectivity index (χ1) is 6.83. The number of hydrogen-bond acceptors (Lipinski definition) is 4. The van der Waals surface area contributed by atoms with E-state index in [0.717, 1.165) is 39.2 Å². The summed E-state index contributed by atoms with van der Waals surface area (Å²) in [5.41, 5.74) is 0. The van der Waals surface area contributed by atoms with E-state index in [1.54, 1.807) is 7.11 Å². The molecule has 1 aliphatic rings. The number of rotatable bonds is 6. The molecule has 0 atom stereocenters. The highest BCUT2D eigenvalue weighted by molar-refractivity contribution is 5.83. The Balaban J connectivity index is 1.97. The number of nitrogens with one attached hydrogen (secondary N) is 1. The minimum Gasteiger partial charge on any atom is -0.383 e. The van der Waals surface area contributed by atoms with Gasteiger partial charge < -0.3 is 15.0 Å². The molecule has 0 aromatic rings. The van der Waals surface area contributed by atoms with Gasteiger partial charge in [0.05, 0.1) is 12.4 Å². The average Bonchev–Trinajstić information content (AvgIpc) is 2.67. The second-order valence-electron chi connectivity index (χ2n) is 3.65. The van der Waals surface area contributed by atoms with Gasteiger partial charge in [0, 0.05) is 39.7 Å². The van der Waals surface area contributed by atoms with Gasteiger partial charge in [0.25, 0.3) is 0 Å². The van der Waals surface area contributed by atoms with Crippen LogP contribution in [-0.2, 0) is 4.74 Å². The average molecular weight is 199 g/mol. The number of methoxy groups -OCH3 is 1. The quantitative estimate of drug-likeness (QED) is 0.670. The van der Waals surface area contributed by atoms with Crippen LogP contribution in [0.1, 0.15) is 12.8 Å². The molecule has 0 unspecified atom stereocenters. The van der Waals surface area contributed by atoms with Gasteiger partial charge in [0.15, 0.2) is 0 Å². The van der Waals surface area contributed by atoms with Crippen LogP contribution in [0, 0.1) is 0 Å². The molecule has 4 heteroatoms. The molecular formula is C10H21N3O. The molecule has 1 heterocycles. The van der Waals surface area contributed by atoms with E-state index >= 15 is 0 Å². The number of amidine groups is 1. The number of likely N-dealkylation sites (N-methyl/N-ethyl adjacent to an activating group) is 1. The molecule has 1 N–H and O–H groups in total. The monoisotopic (exact) mass is 199 g/mol. The van der Waals surface area contributed by atoms with Crippen molar-refractivity contribution in [1.82, 2.24) is 10.2 Å². The molecule has 0 spiro atoms. The lowest BCUT2D eigenvalue weighted by molar-refractivity contribution is 0.162. The Morgan fingerprint density at radius 3 is 3.00 bits per heavy atom. The van der Waals surface area contributed by atoms with Gasteiger partial charge >= 0.3 is 0 Å². The van der Waals surface area contributed by atoms with Crippen LogP contribution in [0.4, 0.5) is 0 Å². The molecule has 0 radical (unpaired) electrons. The SMILES string of the molecule is COCCN(C)CCNC1=NCCC1. The maximum atomic E-state index is 5.01. The van der Waals surface area contributed by atoms with E-state index in [4.69, 9.17) is 4.74 Å². The summed E-state index contributed by atoms with van der Waals surface area (Å²) < 4.78 is 5.01. The fourth-order valence-electron chi connectivity index (χ4n) is 1.43. The molecule has 82 valence electrons. The van der Waals surface area contributed by atoms with E-state index in [0.29, 0.717) is 0 Å². The fraction of sp³-hybridized carbons (Fsp3) is 0.900. The number of nitrogens with zero attached hydrogens (tertiary/aromatic N) is 2. The van der Waals surface area contributed by atoms with Crippen LogP contribution in [0.15, 0.2) is 4.99 Å². The summed E-state index contributed by atoms with van der Waals surface area (Å²) >= 11 is 0. The van der Waals surface area contributed by atoms with Gasteiger partial charge in [-0.25, -0.2) is 0 Å². The molecule has 0 aromatic heterocycles. The van der Waals surface area contributed by atoms with E-state index < -0.39 is 0 Å². The van der Waals surface area contributed by atoms with Crippen molar-refractivity contribution in [2.75, 3.05) is 46.9 Å². The third-order valence-corrected chi connectivity index (χ3v) is 2.37. The Morgan fingerprint density at radius 2 is 2.36 bits per heavy atom.